The van der Waals surface area contributed by atoms with Crippen molar-refractivity contribution in [3.05, 3.63) is 17.7 Å². The Morgan fingerprint density at radius 2 is 1.76 bits per heavy atom. The van der Waals surface area contributed by atoms with E-state index in [-0.39, 0.29) is 6.04 Å². The van der Waals surface area contributed by atoms with E-state index < -0.39 is 0 Å². The highest BCUT2D eigenvalue weighted by Gasteiger charge is 2.22. The van der Waals surface area contributed by atoms with Crippen LogP contribution in [0.3, 0.4) is 0 Å². The van der Waals surface area contributed by atoms with Crippen molar-refractivity contribution in [2.24, 2.45) is 11.8 Å². The zero-order valence-corrected chi connectivity index (χ0v) is 13.7. The molecule has 2 unspecified atom stereocenters. The summed E-state index contributed by atoms with van der Waals surface area (Å²) < 4.78 is 16.3. The number of hydrogen-bond donors (Lipinski definition) is 2. The average molecular weight is 296 g/mol. The van der Waals surface area contributed by atoms with Crippen LogP contribution in [-0.4, -0.2) is 21.3 Å². The van der Waals surface area contributed by atoms with Crippen molar-refractivity contribution in [2.45, 2.75) is 39.2 Å². The van der Waals surface area contributed by atoms with Crippen LogP contribution in [0.15, 0.2) is 12.1 Å². The highest BCUT2D eigenvalue weighted by molar-refractivity contribution is 5.56. The Balaban J connectivity index is 3.14. The van der Waals surface area contributed by atoms with Gasteiger partial charge >= 0.3 is 0 Å². The van der Waals surface area contributed by atoms with Gasteiger partial charge in [0, 0.05) is 5.56 Å². The molecule has 0 saturated heterocycles. The summed E-state index contributed by atoms with van der Waals surface area (Å²) in [5.41, 5.74) is 3.88. The molecule has 0 spiro atoms. The van der Waals surface area contributed by atoms with E-state index in [2.05, 4.69) is 19.3 Å². The van der Waals surface area contributed by atoms with E-state index in [1.165, 1.54) is 12.8 Å². The molecule has 0 saturated carbocycles. The molecule has 0 heterocycles. The summed E-state index contributed by atoms with van der Waals surface area (Å²) in [5.74, 6) is 8.25. The van der Waals surface area contributed by atoms with Gasteiger partial charge < -0.3 is 14.2 Å². The molecule has 1 aromatic carbocycles. The third kappa shape index (κ3) is 4.25. The molecule has 0 aliphatic carbocycles. The molecule has 0 aromatic heterocycles. The SMILES string of the molecule is CCCC(C)CC(NN)c1ccc(OC)c(OC)c1OC. The summed E-state index contributed by atoms with van der Waals surface area (Å²) in [5, 5.41) is 0. The number of ether oxygens (including phenoxy) is 3. The van der Waals surface area contributed by atoms with Gasteiger partial charge in [-0.15, -0.1) is 0 Å². The van der Waals surface area contributed by atoms with Crippen LogP contribution in [0, 0.1) is 5.92 Å². The Morgan fingerprint density at radius 3 is 2.24 bits per heavy atom. The van der Waals surface area contributed by atoms with Gasteiger partial charge in [0.2, 0.25) is 5.75 Å². The summed E-state index contributed by atoms with van der Waals surface area (Å²) in [7, 11) is 4.84. The molecular formula is C16H28N2O3. The Hall–Kier alpha value is -1.46. The van der Waals surface area contributed by atoms with E-state index in [0.717, 1.165) is 12.0 Å². The van der Waals surface area contributed by atoms with Crippen LogP contribution >= 0.6 is 0 Å². The second kappa shape index (κ2) is 8.74. The van der Waals surface area contributed by atoms with Crippen LogP contribution in [0.5, 0.6) is 17.2 Å². The Bertz CT molecular complexity index is 438. The number of nitrogens with two attached hydrogens (primary N) is 1. The zero-order valence-electron chi connectivity index (χ0n) is 13.7. The topological polar surface area (TPSA) is 65.7 Å². The van der Waals surface area contributed by atoms with E-state index in [0.29, 0.717) is 23.2 Å². The van der Waals surface area contributed by atoms with Crippen molar-refractivity contribution < 1.29 is 14.2 Å². The number of nitrogens with one attached hydrogen (secondary N) is 1. The molecule has 0 fully saturated rings. The molecule has 120 valence electrons. The van der Waals surface area contributed by atoms with Crippen molar-refractivity contribution >= 4 is 0 Å². The van der Waals surface area contributed by atoms with Crippen molar-refractivity contribution in [3.8, 4) is 17.2 Å². The van der Waals surface area contributed by atoms with Crippen molar-refractivity contribution in [1.82, 2.24) is 5.43 Å². The first kappa shape index (κ1) is 17.6. The van der Waals surface area contributed by atoms with Gasteiger partial charge in [0.1, 0.15) is 0 Å². The molecule has 2 atom stereocenters. The maximum atomic E-state index is 5.76. The molecule has 1 aromatic rings. The maximum absolute atomic E-state index is 5.76. The average Bonchev–Trinajstić information content (AvgIpc) is 2.51. The van der Waals surface area contributed by atoms with E-state index in [4.69, 9.17) is 20.1 Å². The standard InChI is InChI=1S/C16H28N2O3/c1-6-7-11(2)10-13(18-17)12-8-9-14(19-3)16(21-5)15(12)20-4/h8-9,11,13,18H,6-7,10,17H2,1-5H3. The van der Waals surface area contributed by atoms with Crippen molar-refractivity contribution in [3.63, 3.8) is 0 Å². The largest absolute Gasteiger partial charge is 0.493 e. The number of benzene rings is 1. The number of hydrogen-bond acceptors (Lipinski definition) is 5. The number of hydrazine groups is 1. The molecule has 0 aliphatic heterocycles. The van der Waals surface area contributed by atoms with E-state index in [1.54, 1.807) is 21.3 Å². The molecule has 0 aliphatic rings. The number of rotatable bonds is 9. The summed E-state index contributed by atoms with van der Waals surface area (Å²) in [6, 6.07) is 3.87. The lowest BCUT2D eigenvalue weighted by atomic mass is 9.92. The van der Waals surface area contributed by atoms with Gasteiger partial charge in [0.05, 0.1) is 27.4 Å². The highest BCUT2D eigenvalue weighted by atomic mass is 16.5. The number of methoxy groups -OCH3 is 3. The molecule has 0 radical (unpaired) electrons. The summed E-state index contributed by atoms with van der Waals surface area (Å²) in [4.78, 5) is 0. The lowest BCUT2D eigenvalue weighted by Crippen LogP contribution is -2.29. The quantitative estimate of drug-likeness (QED) is 0.541. The minimum atomic E-state index is 0.0151. The summed E-state index contributed by atoms with van der Waals surface area (Å²) in [6.07, 6.45) is 3.28. The monoisotopic (exact) mass is 296 g/mol. The van der Waals surface area contributed by atoms with Gasteiger partial charge in [-0.1, -0.05) is 26.7 Å². The van der Waals surface area contributed by atoms with Gasteiger partial charge in [0.15, 0.2) is 11.5 Å². The van der Waals surface area contributed by atoms with Crippen molar-refractivity contribution in [1.29, 1.82) is 0 Å². The van der Waals surface area contributed by atoms with E-state index in [1.807, 2.05) is 12.1 Å². The van der Waals surface area contributed by atoms with Crippen molar-refractivity contribution in [2.75, 3.05) is 21.3 Å². The van der Waals surface area contributed by atoms with Crippen LogP contribution in [0.4, 0.5) is 0 Å². The van der Waals surface area contributed by atoms with Gasteiger partial charge in [-0.2, -0.15) is 0 Å². The molecule has 3 N–H and O–H groups in total. The van der Waals surface area contributed by atoms with E-state index in [9.17, 15) is 0 Å². The Kier molecular flexibility index (Phi) is 7.32. The first-order chi connectivity index (χ1) is 10.1. The maximum Gasteiger partial charge on any atom is 0.203 e. The van der Waals surface area contributed by atoms with E-state index >= 15 is 0 Å². The van der Waals surface area contributed by atoms with Crippen LogP contribution in [0.25, 0.3) is 0 Å². The normalized spacial score (nSPS) is 13.6. The zero-order chi connectivity index (χ0) is 15.8. The molecule has 5 nitrogen and oxygen atoms in total. The second-order valence-electron chi connectivity index (χ2n) is 5.27. The first-order valence-corrected chi connectivity index (χ1v) is 7.37. The first-order valence-electron chi connectivity index (χ1n) is 7.37. The summed E-state index contributed by atoms with van der Waals surface area (Å²) >= 11 is 0. The minimum Gasteiger partial charge on any atom is -0.493 e. The fourth-order valence-electron chi connectivity index (χ4n) is 2.70. The van der Waals surface area contributed by atoms with Crippen LogP contribution < -0.4 is 25.5 Å². The fraction of sp³-hybridized carbons (Fsp3) is 0.625. The van der Waals surface area contributed by atoms with Gasteiger partial charge in [-0.05, 0) is 24.5 Å². The minimum absolute atomic E-state index is 0.0151. The molecule has 0 bridgehead atoms. The van der Waals surface area contributed by atoms with Crippen LogP contribution in [0.2, 0.25) is 0 Å². The fourth-order valence-corrected chi connectivity index (χ4v) is 2.70. The molecule has 21 heavy (non-hydrogen) atoms. The van der Waals surface area contributed by atoms with Crippen LogP contribution in [-0.2, 0) is 0 Å². The predicted molar refractivity (Wildman–Crippen MR) is 84.9 cm³/mol. The Morgan fingerprint density at radius 1 is 1.10 bits per heavy atom. The molecule has 0 amide bonds. The van der Waals surface area contributed by atoms with Gasteiger partial charge in [0.25, 0.3) is 0 Å². The highest BCUT2D eigenvalue weighted by Crippen LogP contribution is 2.43. The molecular weight excluding hydrogens is 268 g/mol. The third-order valence-corrected chi connectivity index (χ3v) is 3.73. The molecule has 1 rings (SSSR count). The van der Waals surface area contributed by atoms with Crippen LogP contribution in [0.1, 0.15) is 44.7 Å². The van der Waals surface area contributed by atoms with Gasteiger partial charge in [-0.25, -0.2) is 0 Å². The third-order valence-electron chi connectivity index (χ3n) is 3.73. The lowest BCUT2D eigenvalue weighted by Gasteiger charge is -2.24. The summed E-state index contributed by atoms with van der Waals surface area (Å²) in [6.45, 7) is 4.43. The predicted octanol–water partition coefficient (Wildman–Crippen LogP) is 3.04. The van der Waals surface area contributed by atoms with Gasteiger partial charge in [-0.3, -0.25) is 11.3 Å². The molecule has 5 heteroatoms. The smallest absolute Gasteiger partial charge is 0.203 e. The Labute approximate surface area is 127 Å². The second-order valence-corrected chi connectivity index (χ2v) is 5.27. The lowest BCUT2D eigenvalue weighted by molar-refractivity contribution is 0.314.